The number of alkyl halides is 3. The van der Waals surface area contributed by atoms with E-state index < -0.39 is 29.0 Å². The van der Waals surface area contributed by atoms with Crippen molar-refractivity contribution in [3.63, 3.8) is 0 Å². The number of hydrogen-bond acceptors (Lipinski definition) is 8. The number of rotatable bonds is 8. The van der Waals surface area contributed by atoms with Crippen LogP contribution in [-0.4, -0.2) is 61.1 Å². The van der Waals surface area contributed by atoms with Gasteiger partial charge in [0.05, 0.1) is 29.3 Å². The molecular weight excluding hydrogens is 526 g/mol. The molecule has 0 radical (unpaired) electrons. The molecule has 1 saturated heterocycles. The molecule has 1 fully saturated rings. The first-order chi connectivity index (χ1) is 18.0. The van der Waals surface area contributed by atoms with Crippen LogP contribution in [0, 0.1) is 5.82 Å². The van der Waals surface area contributed by atoms with E-state index >= 15 is 0 Å². The number of amides is 1. The number of halogens is 4. The fraction of sp³-hybridized carbons (Fsp3) is 0.320. The predicted octanol–water partition coefficient (Wildman–Crippen LogP) is 4.22. The van der Waals surface area contributed by atoms with Gasteiger partial charge in [0.15, 0.2) is 0 Å². The van der Waals surface area contributed by atoms with E-state index in [-0.39, 0.29) is 22.9 Å². The van der Waals surface area contributed by atoms with Crippen LogP contribution in [0.1, 0.15) is 21.5 Å². The van der Waals surface area contributed by atoms with Crippen LogP contribution in [0.2, 0.25) is 0 Å². The monoisotopic (exact) mass is 551 g/mol. The molecule has 8 nitrogen and oxygen atoms in total. The minimum Gasteiger partial charge on any atom is -0.497 e. The molecule has 13 heteroatoms. The van der Waals surface area contributed by atoms with Crippen molar-refractivity contribution >= 4 is 23.6 Å². The number of primary amides is 1. The van der Waals surface area contributed by atoms with Gasteiger partial charge in [-0.25, -0.2) is 9.37 Å². The van der Waals surface area contributed by atoms with Gasteiger partial charge in [-0.1, -0.05) is 11.8 Å². The van der Waals surface area contributed by atoms with Gasteiger partial charge in [0.1, 0.15) is 18.2 Å². The Morgan fingerprint density at radius 3 is 2.53 bits per heavy atom. The largest absolute Gasteiger partial charge is 0.497 e. The average molecular weight is 552 g/mol. The molecule has 38 heavy (non-hydrogen) atoms. The number of nitrogens with two attached hydrogens (primary N) is 1. The number of ether oxygens (including phenoxy) is 2. The lowest BCUT2D eigenvalue weighted by atomic mass is 10.1. The van der Waals surface area contributed by atoms with Crippen LogP contribution in [-0.2, 0) is 12.8 Å². The van der Waals surface area contributed by atoms with Crippen molar-refractivity contribution < 1.29 is 31.8 Å². The van der Waals surface area contributed by atoms with Crippen molar-refractivity contribution in [3.05, 3.63) is 65.1 Å². The second-order valence-corrected chi connectivity index (χ2v) is 9.66. The van der Waals surface area contributed by atoms with Crippen LogP contribution in [0.25, 0.3) is 0 Å². The Hall–Kier alpha value is -3.58. The first-order valence-electron chi connectivity index (χ1n) is 11.5. The molecular formula is C25H25F4N5O3S. The van der Waals surface area contributed by atoms with Gasteiger partial charge in [0, 0.05) is 36.6 Å². The third-order valence-corrected chi connectivity index (χ3v) is 6.89. The van der Waals surface area contributed by atoms with Gasteiger partial charge in [0.2, 0.25) is 17.7 Å². The van der Waals surface area contributed by atoms with Gasteiger partial charge in [0.25, 0.3) is 0 Å². The number of nitrogens with zero attached hydrogens (tertiary/aromatic N) is 4. The van der Waals surface area contributed by atoms with Crippen LogP contribution in [0.4, 0.5) is 23.5 Å². The van der Waals surface area contributed by atoms with E-state index in [1.807, 2.05) is 11.9 Å². The zero-order valence-electron chi connectivity index (χ0n) is 20.6. The maximum atomic E-state index is 14.4. The van der Waals surface area contributed by atoms with Crippen molar-refractivity contribution in [2.45, 2.75) is 22.6 Å². The molecule has 202 valence electrons. The van der Waals surface area contributed by atoms with Gasteiger partial charge < -0.3 is 25.0 Å². The minimum absolute atomic E-state index is 0.0775. The Morgan fingerprint density at radius 1 is 1.13 bits per heavy atom. The molecule has 0 atom stereocenters. The lowest BCUT2D eigenvalue weighted by Gasteiger charge is -2.32. The fourth-order valence-electron chi connectivity index (χ4n) is 3.78. The van der Waals surface area contributed by atoms with E-state index in [1.54, 1.807) is 0 Å². The second-order valence-electron chi connectivity index (χ2n) is 8.55. The highest BCUT2D eigenvalue weighted by Crippen LogP contribution is 2.39. The molecule has 0 aliphatic carbocycles. The zero-order valence-corrected chi connectivity index (χ0v) is 21.4. The number of aromatic nitrogens is 2. The summed E-state index contributed by atoms with van der Waals surface area (Å²) in [5, 5.41) is 0. The van der Waals surface area contributed by atoms with Crippen molar-refractivity contribution in [2.24, 2.45) is 5.73 Å². The summed E-state index contributed by atoms with van der Waals surface area (Å²) in [5.74, 6) is -0.782. The van der Waals surface area contributed by atoms with Gasteiger partial charge in [-0.3, -0.25) is 4.79 Å². The molecule has 0 bridgehead atoms. The lowest BCUT2D eigenvalue weighted by molar-refractivity contribution is -0.138. The quantitative estimate of drug-likeness (QED) is 0.416. The Morgan fingerprint density at radius 2 is 1.87 bits per heavy atom. The lowest BCUT2D eigenvalue weighted by Crippen LogP contribution is -2.45. The summed E-state index contributed by atoms with van der Waals surface area (Å²) in [7, 11) is 3.46. The summed E-state index contributed by atoms with van der Waals surface area (Å²) in [6, 6.07) is 7.43. The molecule has 2 N–H and O–H groups in total. The molecule has 0 unspecified atom stereocenters. The van der Waals surface area contributed by atoms with Crippen LogP contribution in [0.5, 0.6) is 11.6 Å². The number of likely N-dealkylation sites (N-methyl/N-ethyl adjacent to an activating group) is 1. The SMILES string of the molecule is COc1ccc(F)c(COc2nc(N3CCN(C)CC3)ncc2Sc2ccc(C(N)=O)c(C(F)(F)F)c2)c1. The van der Waals surface area contributed by atoms with E-state index in [4.69, 9.17) is 15.2 Å². The molecule has 1 amide bonds. The molecule has 1 aliphatic heterocycles. The molecule has 1 aliphatic rings. The van der Waals surface area contributed by atoms with Crippen LogP contribution in [0.15, 0.2) is 52.4 Å². The summed E-state index contributed by atoms with van der Waals surface area (Å²) in [5.41, 5.74) is 3.56. The number of anilines is 1. The zero-order chi connectivity index (χ0) is 27.4. The summed E-state index contributed by atoms with van der Waals surface area (Å²) in [4.78, 5) is 25.1. The van der Waals surface area contributed by atoms with E-state index in [2.05, 4.69) is 14.9 Å². The number of methoxy groups -OCH3 is 1. The van der Waals surface area contributed by atoms with Gasteiger partial charge in [-0.15, -0.1) is 0 Å². The predicted molar refractivity (Wildman–Crippen MR) is 133 cm³/mol. The Labute approximate surface area is 220 Å². The smallest absolute Gasteiger partial charge is 0.417 e. The van der Waals surface area contributed by atoms with Crippen LogP contribution >= 0.6 is 11.8 Å². The van der Waals surface area contributed by atoms with Gasteiger partial charge in [-0.2, -0.15) is 18.2 Å². The molecule has 3 aromatic rings. The van der Waals surface area contributed by atoms with E-state index in [0.717, 1.165) is 37.0 Å². The molecule has 1 aromatic heterocycles. The highest BCUT2D eigenvalue weighted by atomic mass is 32.2. The highest BCUT2D eigenvalue weighted by molar-refractivity contribution is 7.99. The Balaban J connectivity index is 1.67. The fourth-order valence-corrected chi connectivity index (χ4v) is 4.64. The molecule has 2 heterocycles. The van der Waals surface area contributed by atoms with Crippen LogP contribution < -0.4 is 20.1 Å². The molecule has 0 saturated carbocycles. The highest BCUT2D eigenvalue weighted by Gasteiger charge is 2.35. The molecule has 2 aromatic carbocycles. The van der Waals surface area contributed by atoms with Crippen molar-refractivity contribution in [1.29, 1.82) is 0 Å². The number of hydrogen-bond donors (Lipinski definition) is 1. The number of piperazine rings is 1. The standard InChI is InChI=1S/C25H25F4N5O3S/c1-33-7-9-34(10-8-33)24-31-13-21(23(32-24)37-14-15-11-16(36-2)3-6-20(15)26)38-17-4-5-18(22(30)35)19(12-17)25(27,28)29/h3-6,11-13H,7-10,14H2,1-2H3,(H2,30,35). The number of carbonyl (C=O) groups excluding carboxylic acids is 1. The Bertz CT molecular complexity index is 1320. The summed E-state index contributed by atoms with van der Waals surface area (Å²) >= 11 is 0.920. The molecule has 0 spiro atoms. The third kappa shape index (κ3) is 6.45. The average Bonchev–Trinajstić information content (AvgIpc) is 2.88. The third-order valence-electron chi connectivity index (χ3n) is 5.90. The van der Waals surface area contributed by atoms with Gasteiger partial charge >= 0.3 is 6.18 Å². The second kappa shape index (κ2) is 11.4. The van der Waals surface area contributed by atoms with Gasteiger partial charge in [-0.05, 0) is 43.4 Å². The van der Waals surface area contributed by atoms with E-state index in [0.29, 0.717) is 29.7 Å². The van der Waals surface area contributed by atoms with E-state index in [1.165, 1.54) is 37.6 Å². The van der Waals surface area contributed by atoms with Crippen molar-refractivity contribution in [2.75, 3.05) is 45.2 Å². The minimum atomic E-state index is -4.79. The first kappa shape index (κ1) is 27.5. The summed E-state index contributed by atoms with van der Waals surface area (Å²) < 4.78 is 66.2. The Kier molecular flexibility index (Phi) is 8.26. The maximum absolute atomic E-state index is 14.4. The topological polar surface area (TPSA) is 93.8 Å². The normalized spacial score (nSPS) is 14.4. The number of benzene rings is 2. The summed E-state index contributed by atoms with van der Waals surface area (Å²) in [6.07, 6.45) is -3.33. The molecule has 4 rings (SSSR count). The maximum Gasteiger partial charge on any atom is 0.417 e. The summed E-state index contributed by atoms with van der Waals surface area (Å²) in [6.45, 7) is 2.76. The first-order valence-corrected chi connectivity index (χ1v) is 12.3. The van der Waals surface area contributed by atoms with E-state index in [9.17, 15) is 22.4 Å². The van der Waals surface area contributed by atoms with Crippen molar-refractivity contribution in [1.82, 2.24) is 14.9 Å². The van der Waals surface area contributed by atoms with Crippen LogP contribution in [0.3, 0.4) is 0 Å². The number of carbonyl (C=O) groups is 1. The van der Waals surface area contributed by atoms with Crippen molar-refractivity contribution in [3.8, 4) is 11.6 Å².